The molecule has 0 saturated heterocycles. The van der Waals surface area contributed by atoms with Crippen LogP contribution in [0.4, 0.5) is 4.39 Å². The molecular weight excluding hydrogens is 241 g/mol. The third-order valence-corrected chi connectivity index (χ3v) is 2.78. The summed E-state index contributed by atoms with van der Waals surface area (Å²) in [6.07, 6.45) is 1.46. The topological polar surface area (TPSA) is 30.0 Å². The van der Waals surface area contributed by atoms with Gasteiger partial charge in [-0.15, -0.1) is 0 Å². The molecule has 0 N–H and O–H groups in total. The third-order valence-electron chi connectivity index (χ3n) is 2.40. The molecule has 1 heterocycles. The fraction of sp³-hybridized carbons (Fsp3) is 0.0769. The van der Waals surface area contributed by atoms with Crippen molar-refractivity contribution in [2.45, 2.75) is 6.92 Å². The summed E-state index contributed by atoms with van der Waals surface area (Å²) in [4.78, 5) is 15.2. The van der Waals surface area contributed by atoms with E-state index >= 15 is 0 Å². The van der Waals surface area contributed by atoms with Crippen LogP contribution < -0.4 is 0 Å². The van der Waals surface area contributed by atoms with Crippen molar-refractivity contribution in [1.82, 2.24) is 4.98 Å². The van der Waals surface area contributed by atoms with Crippen LogP contribution in [0.2, 0.25) is 5.02 Å². The zero-order valence-corrected chi connectivity index (χ0v) is 9.83. The number of benzene rings is 1. The molecule has 17 heavy (non-hydrogen) atoms. The van der Waals surface area contributed by atoms with Crippen LogP contribution in [0.3, 0.4) is 0 Å². The number of ketones is 1. The van der Waals surface area contributed by atoms with Gasteiger partial charge in [-0.3, -0.25) is 9.78 Å². The van der Waals surface area contributed by atoms with Gasteiger partial charge in [-0.25, -0.2) is 4.39 Å². The van der Waals surface area contributed by atoms with E-state index in [-0.39, 0.29) is 10.8 Å². The van der Waals surface area contributed by atoms with Crippen LogP contribution >= 0.6 is 11.6 Å². The molecule has 2 nitrogen and oxygen atoms in total. The molecule has 0 radical (unpaired) electrons. The molecule has 0 saturated carbocycles. The van der Waals surface area contributed by atoms with Crippen molar-refractivity contribution in [3.8, 4) is 11.3 Å². The average molecular weight is 250 g/mol. The quantitative estimate of drug-likeness (QED) is 0.759. The highest BCUT2D eigenvalue weighted by Crippen LogP contribution is 2.28. The van der Waals surface area contributed by atoms with E-state index in [9.17, 15) is 9.18 Å². The van der Waals surface area contributed by atoms with Crippen molar-refractivity contribution < 1.29 is 9.18 Å². The largest absolute Gasteiger partial charge is 0.294 e. The van der Waals surface area contributed by atoms with Crippen molar-refractivity contribution in [2.24, 2.45) is 0 Å². The second-order valence-corrected chi connectivity index (χ2v) is 3.97. The maximum absolute atomic E-state index is 13.3. The van der Waals surface area contributed by atoms with E-state index in [1.54, 1.807) is 24.3 Å². The fourth-order valence-electron chi connectivity index (χ4n) is 1.46. The summed E-state index contributed by atoms with van der Waals surface area (Å²) < 4.78 is 13.3. The van der Waals surface area contributed by atoms with E-state index in [1.807, 2.05) is 0 Å². The number of Topliss-reactive ketones (excluding diaryl/α,β-unsaturated/α-hetero) is 1. The lowest BCUT2D eigenvalue weighted by atomic mass is 10.1. The van der Waals surface area contributed by atoms with Gasteiger partial charge in [0.1, 0.15) is 5.82 Å². The maximum atomic E-state index is 13.3. The summed E-state index contributed by atoms with van der Waals surface area (Å²) in [6.45, 7) is 1.46. The van der Waals surface area contributed by atoms with Crippen LogP contribution in [0, 0.1) is 5.82 Å². The summed E-state index contributed by atoms with van der Waals surface area (Å²) in [5.74, 6) is -0.545. The Morgan fingerprint density at radius 1 is 1.29 bits per heavy atom. The van der Waals surface area contributed by atoms with Gasteiger partial charge >= 0.3 is 0 Å². The van der Waals surface area contributed by atoms with Gasteiger partial charge in [0.25, 0.3) is 0 Å². The maximum Gasteiger partial charge on any atom is 0.161 e. The lowest BCUT2D eigenvalue weighted by Crippen LogP contribution is -1.94. The summed E-state index contributed by atoms with van der Waals surface area (Å²) in [6, 6.07) is 7.83. The molecule has 0 fully saturated rings. The molecule has 2 aromatic rings. The van der Waals surface area contributed by atoms with Crippen molar-refractivity contribution in [1.29, 1.82) is 0 Å². The van der Waals surface area contributed by atoms with Crippen LogP contribution in [0.25, 0.3) is 11.3 Å². The minimum Gasteiger partial charge on any atom is -0.294 e. The van der Waals surface area contributed by atoms with Gasteiger partial charge in [0.2, 0.25) is 0 Å². The lowest BCUT2D eigenvalue weighted by Gasteiger charge is -2.04. The van der Waals surface area contributed by atoms with Crippen molar-refractivity contribution in [3.63, 3.8) is 0 Å². The number of hydrogen-bond acceptors (Lipinski definition) is 2. The highest BCUT2D eigenvalue weighted by molar-refractivity contribution is 6.33. The van der Waals surface area contributed by atoms with Gasteiger partial charge in [0.05, 0.1) is 10.7 Å². The highest BCUT2D eigenvalue weighted by atomic mass is 35.5. The number of carbonyl (C=O) groups is 1. The van der Waals surface area contributed by atoms with E-state index < -0.39 is 5.82 Å². The summed E-state index contributed by atoms with van der Waals surface area (Å²) in [7, 11) is 0. The Bertz CT molecular complexity index is 566. The zero-order chi connectivity index (χ0) is 12.4. The predicted molar refractivity (Wildman–Crippen MR) is 64.6 cm³/mol. The molecular formula is C13H9ClFNO. The SMILES string of the molecule is CC(=O)c1ccc(-c2cccc(F)c2Cl)nc1. The Hall–Kier alpha value is -1.74. The highest BCUT2D eigenvalue weighted by Gasteiger charge is 2.09. The number of hydrogen-bond donors (Lipinski definition) is 0. The van der Waals surface area contributed by atoms with Crippen molar-refractivity contribution >= 4 is 17.4 Å². The van der Waals surface area contributed by atoms with E-state index in [0.29, 0.717) is 16.8 Å². The minimum atomic E-state index is -0.485. The van der Waals surface area contributed by atoms with Gasteiger partial charge in [0, 0.05) is 17.3 Å². The number of carbonyl (C=O) groups excluding carboxylic acids is 1. The van der Waals surface area contributed by atoms with Crippen molar-refractivity contribution in [3.05, 3.63) is 52.9 Å². The summed E-state index contributed by atoms with van der Waals surface area (Å²) in [5.41, 5.74) is 1.57. The fourth-order valence-corrected chi connectivity index (χ4v) is 1.69. The molecule has 2 rings (SSSR count). The first-order valence-electron chi connectivity index (χ1n) is 5.01. The molecule has 1 aromatic carbocycles. The normalized spacial score (nSPS) is 10.3. The van der Waals surface area contributed by atoms with Crippen LogP contribution in [-0.4, -0.2) is 10.8 Å². The Morgan fingerprint density at radius 3 is 2.65 bits per heavy atom. The molecule has 0 atom stereocenters. The molecule has 1 aromatic heterocycles. The van der Waals surface area contributed by atoms with E-state index in [2.05, 4.69) is 4.98 Å². The molecule has 0 bridgehead atoms. The van der Waals surface area contributed by atoms with E-state index in [4.69, 9.17) is 11.6 Å². The predicted octanol–water partition coefficient (Wildman–Crippen LogP) is 3.74. The third kappa shape index (κ3) is 2.34. The molecule has 0 aliphatic carbocycles. The second-order valence-electron chi connectivity index (χ2n) is 3.59. The standard InChI is InChI=1S/C13H9ClFNO/c1-8(17)9-5-6-12(16-7-9)10-3-2-4-11(15)13(10)14/h2-7H,1H3. The monoisotopic (exact) mass is 249 g/mol. The van der Waals surface area contributed by atoms with Crippen molar-refractivity contribution in [2.75, 3.05) is 0 Å². The Morgan fingerprint density at radius 2 is 2.06 bits per heavy atom. The minimum absolute atomic E-state index is 0.0376. The lowest BCUT2D eigenvalue weighted by molar-refractivity contribution is 0.101. The van der Waals surface area contributed by atoms with Gasteiger partial charge in [0.15, 0.2) is 5.78 Å². The number of aromatic nitrogens is 1. The molecule has 0 amide bonds. The molecule has 4 heteroatoms. The molecule has 86 valence electrons. The number of pyridine rings is 1. The van der Waals surface area contributed by atoms with Crippen LogP contribution in [0.1, 0.15) is 17.3 Å². The molecule has 0 spiro atoms. The van der Waals surface area contributed by atoms with Gasteiger partial charge < -0.3 is 0 Å². The van der Waals surface area contributed by atoms with E-state index in [0.717, 1.165) is 0 Å². The molecule has 0 unspecified atom stereocenters. The first-order chi connectivity index (χ1) is 8.09. The zero-order valence-electron chi connectivity index (χ0n) is 9.08. The van der Waals surface area contributed by atoms with Gasteiger partial charge in [-0.05, 0) is 25.1 Å². The van der Waals surface area contributed by atoms with Gasteiger partial charge in [-0.2, -0.15) is 0 Å². The molecule has 0 aliphatic heterocycles. The number of halogens is 2. The Balaban J connectivity index is 2.47. The number of nitrogens with zero attached hydrogens (tertiary/aromatic N) is 1. The van der Waals surface area contributed by atoms with Gasteiger partial charge in [-0.1, -0.05) is 23.7 Å². The first kappa shape index (κ1) is 11.7. The van der Waals surface area contributed by atoms with Crippen LogP contribution in [0.15, 0.2) is 36.5 Å². The Labute approximate surface area is 103 Å². The Kier molecular flexibility index (Phi) is 3.20. The smallest absolute Gasteiger partial charge is 0.161 e. The molecule has 0 aliphatic rings. The van der Waals surface area contributed by atoms with Crippen LogP contribution in [-0.2, 0) is 0 Å². The van der Waals surface area contributed by atoms with E-state index in [1.165, 1.54) is 19.2 Å². The second kappa shape index (κ2) is 4.63. The average Bonchev–Trinajstić information content (AvgIpc) is 2.33. The summed E-state index contributed by atoms with van der Waals surface area (Å²) >= 11 is 5.85. The summed E-state index contributed by atoms with van der Waals surface area (Å²) in [5, 5.41) is 0.0376. The number of rotatable bonds is 2. The first-order valence-corrected chi connectivity index (χ1v) is 5.39. The van der Waals surface area contributed by atoms with Crippen LogP contribution in [0.5, 0.6) is 0 Å².